The van der Waals surface area contributed by atoms with Crippen molar-refractivity contribution in [1.82, 2.24) is 9.97 Å². The van der Waals surface area contributed by atoms with Crippen LogP contribution in [0.15, 0.2) is 27.5 Å². The molecule has 0 saturated heterocycles. The Kier molecular flexibility index (Phi) is 4.61. The molecule has 0 aliphatic heterocycles. The summed E-state index contributed by atoms with van der Waals surface area (Å²) in [5, 5.41) is 0.545. The molecule has 0 saturated carbocycles. The maximum Gasteiger partial charge on any atom is 0.264 e. The van der Waals surface area contributed by atoms with Crippen molar-refractivity contribution in [3.05, 3.63) is 47.3 Å². The van der Waals surface area contributed by atoms with Gasteiger partial charge in [-0.25, -0.2) is 4.98 Å². The van der Waals surface area contributed by atoms with E-state index >= 15 is 0 Å². The molecule has 0 aliphatic rings. The zero-order valence-corrected chi connectivity index (χ0v) is 15.7. The first-order chi connectivity index (χ1) is 9.20. The Balaban J connectivity index is 2.70. The Morgan fingerprint density at radius 2 is 2.00 bits per heavy atom. The number of rotatable bonds is 1. The number of aromatic nitrogens is 2. The number of nitrogens with zero attached hydrogens (tertiary/aromatic N) is 1. The first-order valence-electron chi connectivity index (χ1n) is 5.96. The molecular formula is C14H13BrClIN2O. The fourth-order valence-corrected chi connectivity index (χ4v) is 3.59. The van der Waals surface area contributed by atoms with Crippen LogP contribution in [0.3, 0.4) is 0 Å². The average Bonchev–Trinajstić information content (AvgIpc) is 2.31. The summed E-state index contributed by atoms with van der Waals surface area (Å²) in [7, 11) is 0. The van der Waals surface area contributed by atoms with Gasteiger partial charge in [0.05, 0.1) is 10.7 Å². The topological polar surface area (TPSA) is 45.8 Å². The molecule has 1 heterocycles. The number of nitrogens with one attached hydrogen (secondary N) is 1. The van der Waals surface area contributed by atoms with E-state index in [-0.39, 0.29) is 11.0 Å². The molecule has 0 amide bonds. The van der Waals surface area contributed by atoms with Gasteiger partial charge in [-0.2, -0.15) is 0 Å². The Morgan fingerprint density at radius 3 is 2.55 bits per heavy atom. The third-order valence-electron chi connectivity index (χ3n) is 2.76. The minimum atomic E-state index is -0.207. The van der Waals surface area contributed by atoms with Gasteiger partial charge in [-0.15, -0.1) is 0 Å². The summed E-state index contributed by atoms with van der Waals surface area (Å²) in [6.07, 6.45) is 0. The molecule has 2 aromatic rings. The van der Waals surface area contributed by atoms with Crippen LogP contribution < -0.4 is 5.56 Å². The van der Waals surface area contributed by atoms with Crippen LogP contribution >= 0.6 is 50.1 Å². The van der Waals surface area contributed by atoms with Crippen molar-refractivity contribution >= 4 is 50.1 Å². The first-order valence-corrected chi connectivity index (χ1v) is 8.21. The zero-order chi connectivity index (χ0) is 15.1. The highest BCUT2D eigenvalue weighted by molar-refractivity contribution is 14.1. The van der Waals surface area contributed by atoms with Gasteiger partial charge in [-0.3, -0.25) is 4.79 Å². The van der Waals surface area contributed by atoms with Crippen molar-refractivity contribution in [1.29, 1.82) is 0 Å². The Morgan fingerprint density at radius 1 is 1.35 bits per heavy atom. The summed E-state index contributed by atoms with van der Waals surface area (Å²) < 4.78 is 1.50. The molecule has 3 nitrogen and oxygen atoms in total. The molecule has 106 valence electrons. The van der Waals surface area contributed by atoms with Crippen molar-refractivity contribution < 1.29 is 0 Å². The van der Waals surface area contributed by atoms with Gasteiger partial charge >= 0.3 is 0 Å². The maximum absolute atomic E-state index is 12.1. The molecule has 20 heavy (non-hydrogen) atoms. The van der Waals surface area contributed by atoms with Gasteiger partial charge in [-0.1, -0.05) is 48.3 Å². The fourth-order valence-electron chi connectivity index (χ4n) is 1.76. The second-order valence-electron chi connectivity index (χ2n) is 5.45. The number of hydrogen-bond donors (Lipinski definition) is 1. The molecule has 0 aliphatic carbocycles. The molecule has 1 aromatic carbocycles. The van der Waals surface area contributed by atoms with Gasteiger partial charge in [0, 0.05) is 15.5 Å². The number of H-pyrrole nitrogens is 1. The van der Waals surface area contributed by atoms with Crippen LogP contribution in [0.25, 0.3) is 11.4 Å². The molecular weight excluding hydrogens is 454 g/mol. The van der Waals surface area contributed by atoms with Crippen molar-refractivity contribution in [2.24, 2.45) is 0 Å². The summed E-state index contributed by atoms with van der Waals surface area (Å²) in [6.45, 7) is 6.09. The molecule has 0 fully saturated rings. The van der Waals surface area contributed by atoms with Gasteiger partial charge in [0.2, 0.25) is 0 Å². The maximum atomic E-state index is 12.1. The van der Waals surface area contributed by atoms with Crippen molar-refractivity contribution in [2.45, 2.75) is 26.2 Å². The SMILES string of the molecule is CC(C)(C)c1nc(-c2ccc(Br)cc2Cl)[nH]c(=O)c1I. The molecule has 2 rings (SSSR count). The molecule has 0 spiro atoms. The van der Waals surface area contributed by atoms with Crippen molar-refractivity contribution in [3.63, 3.8) is 0 Å². The molecule has 6 heteroatoms. The molecule has 0 radical (unpaired) electrons. The molecule has 0 unspecified atom stereocenters. The number of halogens is 3. The lowest BCUT2D eigenvalue weighted by Crippen LogP contribution is -2.24. The molecule has 1 N–H and O–H groups in total. The Hall–Kier alpha value is -0.400. The zero-order valence-electron chi connectivity index (χ0n) is 11.2. The largest absolute Gasteiger partial charge is 0.306 e. The second kappa shape index (κ2) is 5.77. The van der Waals surface area contributed by atoms with Crippen LogP contribution in [0.4, 0.5) is 0 Å². The van der Waals surface area contributed by atoms with Crippen molar-refractivity contribution in [2.75, 3.05) is 0 Å². The van der Waals surface area contributed by atoms with E-state index in [2.05, 4.69) is 25.9 Å². The highest BCUT2D eigenvalue weighted by Crippen LogP contribution is 2.30. The van der Waals surface area contributed by atoms with Gasteiger partial charge < -0.3 is 4.98 Å². The smallest absolute Gasteiger partial charge is 0.264 e. The van der Waals surface area contributed by atoms with E-state index in [9.17, 15) is 4.79 Å². The van der Waals surface area contributed by atoms with E-state index in [1.807, 2.05) is 55.5 Å². The van der Waals surface area contributed by atoms with E-state index < -0.39 is 0 Å². The van der Waals surface area contributed by atoms with Crippen LogP contribution in [-0.4, -0.2) is 9.97 Å². The van der Waals surface area contributed by atoms with Crippen LogP contribution in [0.5, 0.6) is 0 Å². The summed E-state index contributed by atoms with van der Waals surface area (Å²) in [4.78, 5) is 19.5. The fraction of sp³-hybridized carbons (Fsp3) is 0.286. The highest BCUT2D eigenvalue weighted by atomic mass is 127. The third kappa shape index (κ3) is 3.26. The van der Waals surface area contributed by atoms with E-state index in [4.69, 9.17) is 11.6 Å². The van der Waals surface area contributed by atoms with Gasteiger partial charge in [0.1, 0.15) is 9.39 Å². The number of benzene rings is 1. The second-order valence-corrected chi connectivity index (χ2v) is 7.85. The van der Waals surface area contributed by atoms with Gasteiger partial charge in [0.15, 0.2) is 0 Å². The van der Waals surface area contributed by atoms with E-state index in [0.29, 0.717) is 20.0 Å². The summed E-state index contributed by atoms with van der Waals surface area (Å²) in [5.74, 6) is 0.498. The minimum absolute atomic E-state index is 0.139. The van der Waals surface area contributed by atoms with Crippen molar-refractivity contribution in [3.8, 4) is 11.4 Å². The lowest BCUT2D eigenvalue weighted by molar-refractivity contribution is 0.562. The summed E-state index contributed by atoms with van der Waals surface area (Å²) in [6, 6.07) is 5.49. The first kappa shape index (κ1) is 16.0. The average molecular weight is 468 g/mol. The predicted molar refractivity (Wildman–Crippen MR) is 94.4 cm³/mol. The quantitative estimate of drug-likeness (QED) is 0.615. The van der Waals surface area contributed by atoms with Gasteiger partial charge in [0.25, 0.3) is 5.56 Å². The van der Waals surface area contributed by atoms with Crippen LogP contribution in [-0.2, 0) is 5.41 Å². The normalized spacial score (nSPS) is 11.7. The van der Waals surface area contributed by atoms with Crippen LogP contribution in [0, 0.1) is 3.57 Å². The van der Waals surface area contributed by atoms with E-state index in [0.717, 1.165) is 10.2 Å². The highest BCUT2D eigenvalue weighted by Gasteiger charge is 2.22. The number of hydrogen-bond acceptors (Lipinski definition) is 2. The van der Waals surface area contributed by atoms with Crippen LogP contribution in [0.2, 0.25) is 5.02 Å². The predicted octanol–water partition coefficient (Wildman–Crippen LogP) is 4.75. The molecule has 1 aromatic heterocycles. The molecule has 0 atom stereocenters. The minimum Gasteiger partial charge on any atom is -0.306 e. The van der Waals surface area contributed by atoms with E-state index in [1.165, 1.54) is 0 Å². The Labute approximate surface area is 144 Å². The van der Waals surface area contributed by atoms with Gasteiger partial charge in [-0.05, 0) is 40.8 Å². The van der Waals surface area contributed by atoms with E-state index in [1.54, 1.807) is 6.07 Å². The Bertz CT molecular complexity index is 722. The monoisotopic (exact) mass is 466 g/mol. The number of aromatic amines is 1. The third-order valence-corrected chi connectivity index (χ3v) is 4.57. The summed E-state index contributed by atoms with van der Waals surface area (Å²) >= 11 is 11.6. The molecule has 0 bridgehead atoms. The lowest BCUT2D eigenvalue weighted by Gasteiger charge is -2.20. The standard InChI is InChI=1S/C14H13BrClIN2O/c1-14(2,3)11-10(17)13(20)19-12(18-11)8-5-4-7(15)6-9(8)16/h4-6H,1-3H3,(H,18,19,20). The summed E-state index contributed by atoms with van der Waals surface area (Å²) in [5.41, 5.74) is 1.14. The lowest BCUT2D eigenvalue weighted by atomic mass is 9.92. The van der Waals surface area contributed by atoms with Crippen LogP contribution in [0.1, 0.15) is 26.5 Å².